The second-order valence-corrected chi connectivity index (χ2v) is 7.06. The summed E-state index contributed by atoms with van der Waals surface area (Å²) in [7, 11) is 0. The predicted molar refractivity (Wildman–Crippen MR) is 78.4 cm³/mol. The van der Waals surface area contributed by atoms with Crippen LogP contribution in [0.2, 0.25) is 0 Å². The molecule has 3 rings (SSSR count). The van der Waals surface area contributed by atoms with Gasteiger partial charge in [-0.1, -0.05) is 20.8 Å². The van der Waals surface area contributed by atoms with E-state index in [9.17, 15) is 18.4 Å². The van der Waals surface area contributed by atoms with Gasteiger partial charge in [-0.15, -0.1) is 0 Å². The third-order valence-corrected chi connectivity index (χ3v) is 5.85. The molecule has 2 atom stereocenters. The van der Waals surface area contributed by atoms with Gasteiger partial charge in [0.25, 0.3) is 0 Å². The third kappa shape index (κ3) is 1.82. The Labute approximate surface area is 128 Å². The quantitative estimate of drug-likeness (QED) is 0.609. The molecule has 22 heavy (non-hydrogen) atoms. The van der Waals surface area contributed by atoms with Crippen LogP contribution >= 0.6 is 0 Å². The zero-order valence-corrected chi connectivity index (χ0v) is 12.9. The molecule has 0 aromatic heterocycles. The van der Waals surface area contributed by atoms with E-state index in [1.807, 2.05) is 20.8 Å². The SMILES string of the molecule is CC1(C)[C@H]2CC[C@]1(C)C(=O)/C2=C/C(=O)c1cc(F)ccc1F. The Kier molecular flexibility index (Phi) is 3.13. The van der Waals surface area contributed by atoms with Crippen molar-refractivity contribution in [1.29, 1.82) is 0 Å². The van der Waals surface area contributed by atoms with Crippen molar-refractivity contribution < 1.29 is 18.4 Å². The van der Waals surface area contributed by atoms with E-state index >= 15 is 0 Å². The van der Waals surface area contributed by atoms with Gasteiger partial charge in [0.1, 0.15) is 11.6 Å². The maximum atomic E-state index is 13.7. The Morgan fingerprint density at radius 2 is 1.95 bits per heavy atom. The average molecular weight is 304 g/mol. The zero-order valence-electron chi connectivity index (χ0n) is 12.9. The molecule has 2 saturated carbocycles. The number of carbonyl (C=O) groups is 2. The monoisotopic (exact) mass is 304 g/mol. The summed E-state index contributed by atoms with van der Waals surface area (Å²) in [5, 5.41) is 0. The highest BCUT2D eigenvalue weighted by Crippen LogP contribution is 2.65. The van der Waals surface area contributed by atoms with Crippen molar-refractivity contribution >= 4 is 11.6 Å². The highest BCUT2D eigenvalue weighted by molar-refractivity contribution is 6.13. The van der Waals surface area contributed by atoms with Crippen molar-refractivity contribution in [1.82, 2.24) is 0 Å². The van der Waals surface area contributed by atoms with Crippen molar-refractivity contribution in [2.24, 2.45) is 16.7 Å². The second-order valence-electron chi connectivity index (χ2n) is 7.06. The number of allylic oxidation sites excluding steroid dienone is 2. The van der Waals surface area contributed by atoms with Gasteiger partial charge in [-0.2, -0.15) is 0 Å². The molecule has 0 radical (unpaired) electrons. The number of hydrogen-bond acceptors (Lipinski definition) is 2. The smallest absolute Gasteiger partial charge is 0.189 e. The molecular formula is C18H18F2O2. The first-order valence-corrected chi connectivity index (χ1v) is 7.44. The number of ketones is 2. The van der Waals surface area contributed by atoms with Crippen LogP contribution in [0.5, 0.6) is 0 Å². The van der Waals surface area contributed by atoms with Crippen molar-refractivity contribution in [3.63, 3.8) is 0 Å². The van der Waals surface area contributed by atoms with E-state index in [2.05, 4.69) is 0 Å². The van der Waals surface area contributed by atoms with Crippen LogP contribution in [-0.4, -0.2) is 11.6 Å². The van der Waals surface area contributed by atoms with E-state index in [1.165, 1.54) is 6.08 Å². The summed E-state index contributed by atoms with van der Waals surface area (Å²) < 4.78 is 26.9. The van der Waals surface area contributed by atoms with Crippen LogP contribution < -0.4 is 0 Å². The lowest BCUT2D eigenvalue weighted by Gasteiger charge is -2.31. The lowest BCUT2D eigenvalue weighted by atomic mass is 9.70. The molecule has 0 aliphatic heterocycles. The molecule has 1 aromatic carbocycles. The first-order valence-electron chi connectivity index (χ1n) is 7.44. The molecule has 4 heteroatoms. The van der Waals surface area contributed by atoms with E-state index in [4.69, 9.17) is 0 Å². The molecule has 2 bridgehead atoms. The second kappa shape index (κ2) is 4.58. The molecule has 0 amide bonds. The highest BCUT2D eigenvalue weighted by Gasteiger charge is 2.64. The minimum absolute atomic E-state index is 0.00516. The molecule has 0 unspecified atom stereocenters. The van der Waals surface area contributed by atoms with Crippen molar-refractivity contribution in [2.45, 2.75) is 33.6 Å². The standard InChI is InChI=1S/C18H18F2O2/c1-17(2)13-6-7-18(17,3)16(22)11(13)9-15(21)12-8-10(19)4-5-14(12)20/h4-5,8-9,13H,6-7H2,1-3H3/b11-9+/t13-,18+/m0/s1. The van der Waals surface area contributed by atoms with Crippen LogP contribution in [0.25, 0.3) is 0 Å². The summed E-state index contributed by atoms with van der Waals surface area (Å²) >= 11 is 0. The number of carbonyl (C=O) groups excluding carboxylic acids is 2. The Morgan fingerprint density at radius 1 is 1.27 bits per heavy atom. The fourth-order valence-corrected chi connectivity index (χ4v) is 4.00. The normalized spacial score (nSPS) is 31.0. The third-order valence-electron chi connectivity index (χ3n) is 5.85. The van der Waals surface area contributed by atoms with Gasteiger partial charge in [-0.25, -0.2) is 8.78 Å². The highest BCUT2D eigenvalue weighted by atomic mass is 19.1. The number of rotatable bonds is 2. The number of fused-ring (bicyclic) bond motifs is 2. The molecule has 2 nitrogen and oxygen atoms in total. The summed E-state index contributed by atoms with van der Waals surface area (Å²) in [4.78, 5) is 24.9. The van der Waals surface area contributed by atoms with Crippen LogP contribution in [-0.2, 0) is 4.79 Å². The zero-order chi connectivity index (χ0) is 16.3. The van der Waals surface area contributed by atoms with Gasteiger partial charge >= 0.3 is 0 Å². The maximum Gasteiger partial charge on any atom is 0.189 e. The molecule has 1 aromatic rings. The van der Waals surface area contributed by atoms with Crippen LogP contribution in [0.4, 0.5) is 8.78 Å². The minimum atomic E-state index is -0.774. The largest absolute Gasteiger partial charge is 0.294 e. The molecule has 0 saturated heterocycles. The van der Waals surface area contributed by atoms with Crippen LogP contribution in [0.15, 0.2) is 29.8 Å². The molecule has 2 fully saturated rings. The van der Waals surface area contributed by atoms with E-state index in [0.29, 0.717) is 5.57 Å². The first kappa shape index (κ1) is 15.1. The maximum absolute atomic E-state index is 13.7. The summed E-state index contributed by atoms with van der Waals surface area (Å²) in [5.41, 5.74) is -0.542. The molecule has 116 valence electrons. The van der Waals surface area contributed by atoms with Gasteiger partial charge in [0, 0.05) is 11.0 Å². The minimum Gasteiger partial charge on any atom is -0.294 e. The van der Waals surface area contributed by atoms with Crippen LogP contribution in [0.3, 0.4) is 0 Å². The molecule has 2 aliphatic carbocycles. The average Bonchev–Trinajstić information content (AvgIpc) is 2.75. The predicted octanol–water partition coefficient (Wildman–Crippen LogP) is 4.10. The Bertz CT molecular complexity index is 718. The van der Waals surface area contributed by atoms with Gasteiger partial charge in [0.05, 0.1) is 5.56 Å². The first-order chi connectivity index (χ1) is 10.2. The van der Waals surface area contributed by atoms with Gasteiger partial charge in [-0.3, -0.25) is 9.59 Å². The van der Waals surface area contributed by atoms with E-state index in [0.717, 1.165) is 31.0 Å². The number of benzene rings is 1. The molecule has 0 heterocycles. The lowest BCUT2D eigenvalue weighted by Crippen LogP contribution is -2.32. The number of Topliss-reactive ketones (excluding diaryl/α,β-unsaturated/α-hetero) is 1. The fraction of sp³-hybridized carbons (Fsp3) is 0.444. The Hall–Kier alpha value is -1.84. The van der Waals surface area contributed by atoms with E-state index in [-0.39, 0.29) is 22.7 Å². The van der Waals surface area contributed by atoms with Crippen molar-refractivity contribution in [2.75, 3.05) is 0 Å². The summed E-state index contributed by atoms with van der Waals surface area (Å²) in [5.74, 6) is -2.11. The fourth-order valence-electron chi connectivity index (χ4n) is 4.00. The van der Waals surface area contributed by atoms with Crippen molar-refractivity contribution in [3.05, 3.63) is 47.0 Å². The van der Waals surface area contributed by atoms with E-state index < -0.39 is 22.8 Å². The van der Waals surface area contributed by atoms with Crippen molar-refractivity contribution in [3.8, 4) is 0 Å². The van der Waals surface area contributed by atoms with Gasteiger partial charge in [0.15, 0.2) is 11.6 Å². The summed E-state index contributed by atoms with van der Waals surface area (Å²) in [6.45, 7) is 6.01. The summed E-state index contributed by atoms with van der Waals surface area (Å²) in [6.07, 6.45) is 2.88. The Morgan fingerprint density at radius 3 is 2.55 bits per heavy atom. The molecular weight excluding hydrogens is 286 g/mol. The topological polar surface area (TPSA) is 34.1 Å². The van der Waals surface area contributed by atoms with Crippen LogP contribution in [0.1, 0.15) is 44.0 Å². The van der Waals surface area contributed by atoms with Gasteiger partial charge < -0.3 is 0 Å². The molecule has 0 N–H and O–H groups in total. The lowest BCUT2D eigenvalue weighted by molar-refractivity contribution is -0.125. The number of hydrogen-bond donors (Lipinski definition) is 0. The summed E-state index contributed by atoms with van der Waals surface area (Å²) in [6, 6.07) is 2.76. The number of halogens is 2. The van der Waals surface area contributed by atoms with Crippen LogP contribution in [0, 0.1) is 28.4 Å². The van der Waals surface area contributed by atoms with E-state index in [1.54, 1.807) is 0 Å². The van der Waals surface area contributed by atoms with Gasteiger partial charge in [-0.05, 0) is 48.4 Å². The molecule has 2 aliphatic rings. The van der Waals surface area contributed by atoms with Gasteiger partial charge in [0.2, 0.25) is 0 Å². The Balaban J connectivity index is 2.02. The molecule has 0 spiro atoms.